The molecule has 0 unspecified atom stereocenters. The molecule has 3 rings (SSSR count). The maximum Gasteiger partial charge on any atom is 0.411 e. The number of aromatic nitrogens is 1. The number of amides is 1. The highest BCUT2D eigenvalue weighted by atomic mass is 79.9. The molecule has 1 amide bonds. The molecule has 6 heteroatoms. The largest absolute Gasteiger partial charge is 0.437 e. The summed E-state index contributed by atoms with van der Waals surface area (Å²) in [6, 6.07) is 9.68. The number of pyridine rings is 1. The molecule has 1 aromatic carbocycles. The summed E-state index contributed by atoms with van der Waals surface area (Å²) in [6.45, 7) is 6.23. The van der Waals surface area contributed by atoms with E-state index < -0.39 is 11.7 Å². The van der Waals surface area contributed by atoms with E-state index in [1.54, 1.807) is 29.3 Å². The van der Waals surface area contributed by atoms with E-state index in [2.05, 4.69) is 27.5 Å². The lowest BCUT2D eigenvalue weighted by molar-refractivity contribution is -0.0592. The van der Waals surface area contributed by atoms with Gasteiger partial charge in [0, 0.05) is 30.1 Å². The minimum Gasteiger partial charge on any atom is -0.437 e. The van der Waals surface area contributed by atoms with Gasteiger partial charge in [-0.05, 0) is 52.7 Å². The van der Waals surface area contributed by atoms with Gasteiger partial charge in [-0.2, -0.15) is 0 Å². The Bertz CT molecular complexity index is 794. The van der Waals surface area contributed by atoms with Crippen molar-refractivity contribution in [3.8, 4) is 0 Å². The van der Waals surface area contributed by atoms with Crippen LogP contribution in [0.2, 0.25) is 0 Å². The minimum atomic E-state index is -0.810. The van der Waals surface area contributed by atoms with E-state index in [1.165, 1.54) is 12.1 Å². The van der Waals surface area contributed by atoms with Crippen LogP contribution in [0, 0.1) is 5.82 Å². The zero-order valence-electron chi connectivity index (χ0n) is 14.5. The molecule has 4 nitrogen and oxygen atoms in total. The topological polar surface area (TPSA) is 42.4 Å². The molecule has 1 fully saturated rings. The molecular weight excluding hydrogens is 399 g/mol. The molecule has 0 spiro atoms. The Morgan fingerprint density at radius 2 is 2.12 bits per heavy atom. The van der Waals surface area contributed by atoms with Crippen LogP contribution in [0.1, 0.15) is 37.1 Å². The van der Waals surface area contributed by atoms with Crippen LogP contribution < -0.4 is 0 Å². The SMILES string of the molecule is C=CC[C@@]1(c2ccc(F)cc2)CCN([C@@H](C)c2ccc(Br)cn2)C(=O)O1. The van der Waals surface area contributed by atoms with Gasteiger partial charge in [0.2, 0.25) is 0 Å². The first-order valence-corrected chi connectivity index (χ1v) is 9.22. The smallest absolute Gasteiger partial charge is 0.411 e. The van der Waals surface area contributed by atoms with Gasteiger partial charge < -0.3 is 4.74 Å². The van der Waals surface area contributed by atoms with Gasteiger partial charge in [0.1, 0.15) is 11.4 Å². The molecule has 0 radical (unpaired) electrons. The zero-order valence-corrected chi connectivity index (χ0v) is 16.1. The van der Waals surface area contributed by atoms with Crippen LogP contribution in [0.25, 0.3) is 0 Å². The van der Waals surface area contributed by atoms with Crippen molar-refractivity contribution < 1.29 is 13.9 Å². The molecule has 2 heterocycles. The second kappa shape index (κ2) is 7.58. The first-order valence-electron chi connectivity index (χ1n) is 8.43. The molecule has 2 atom stereocenters. The lowest BCUT2D eigenvalue weighted by Gasteiger charge is -2.43. The highest BCUT2D eigenvalue weighted by molar-refractivity contribution is 9.10. The molecule has 1 saturated heterocycles. The normalized spacial score (nSPS) is 21.2. The fourth-order valence-corrected chi connectivity index (χ4v) is 3.50. The lowest BCUT2D eigenvalue weighted by Crippen LogP contribution is -2.48. The summed E-state index contributed by atoms with van der Waals surface area (Å²) in [4.78, 5) is 18.8. The highest BCUT2D eigenvalue weighted by Crippen LogP contribution is 2.39. The van der Waals surface area contributed by atoms with Crippen molar-refractivity contribution in [3.05, 3.63) is 76.8 Å². The third-order valence-corrected chi connectivity index (χ3v) is 5.23. The standard InChI is InChI=1S/C20H20BrFN2O2/c1-3-10-20(15-4-7-17(22)8-5-15)11-12-24(19(25)26-20)14(2)18-9-6-16(21)13-23-18/h3-9,13-14H,1,10-12H2,2H3/t14-,20-/m0/s1. The number of hydrogen-bond donors (Lipinski definition) is 0. The van der Waals surface area contributed by atoms with Crippen LogP contribution in [0.15, 0.2) is 59.7 Å². The second-order valence-corrected chi connectivity index (χ2v) is 7.30. The quantitative estimate of drug-likeness (QED) is 0.613. The van der Waals surface area contributed by atoms with Gasteiger partial charge in [0.05, 0.1) is 11.7 Å². The van der Waals surface area contributed by atoms with Gasteiger partial charge in [-0.1, -0.05) is 18.2 Å². The predicted molar refractivity (Wildman–Crippen MR) is 101 cm³/mol. The van der Waals surface area contributed by atoms with Crippen molar-refractivity contribution in [2.45, 2.75) is 31.4 Å². The fourth-order valence-electron chi connectivity index (χ4n) is 3.27. The maximum absolute atomic E-state index is 13.3. The number of carbonyl (C=O) groups is 1. The van der Waals surface area contributed by atoms with E-state index >= 15 is 0 Å². The van der Waals surface area contributed by atoms with Crippen molar-refractivity contribution in [1.82, 2.24) is 9.88 Å². The average molecular weight is 419 g/mol. The molecule has 1 aromatic heterocycles. The first-order chi connectivity index (χ1) is 12.4. The van der Waals surface area contributed by atoms with Gasteiger partial charge >= 0.3 is 6.09 Å². The monoisotopic (exact) mass is 418 g/mol. The summed E-state index contributed by atoms with van der Waals surface area (Å²) < 4.78 is 20.0. The van der Waals surface area contributed by atoms with Crippen LogP contribution in [-0.2, 0) is 10.3 Å². The second-order valence-electron chi connectivity index (χ2n) is 6.38. The lowest BCUT2D eigenvalue weighted by atomic mass is 9.85. The van der Waals surface area contributed by atoms with Crippen molar-refractivity contribution in [2.24, 2.45) is 0 Å². The fraction of sp³-hybridized carbons (Fsp3) is 0.300. The molecule has 1 aliphatic heterocycles. The number of cyclic esters (lactones) is 1. The number of hydrogen-bond acceptors (Lipinski definition) is 3. The van der Waals surface area contributed by atoms with E-state index in [9.17, 15) is 9.18 Å². The molecule has 2 aromatic rings. The third kappa shape index (κ3) is 3.65. The molecule has 0 saturated carbocycles. The molecule has 1 aliphatic rings. The van der Waals surface area contributed by atoms with Crippen LogP contribution in [0.4, 0.5) is 9.18 Å². The number of nitrogens with zero attached hydrogens (tertiary/aromatic N) is 2. The Balaban J connectivity index is 1.83. The van der Waals surface area contributed by atoms with Gasteiger partial charge in [-0.25, -0.2) is 9.18 Å². The Morgan fingerprint density at radius 3 is 2.69 bits per heavy atom. The number of benzene rings is 1. The number of carbonyl (C=O) groups excluding carboxylic acids is 1. The van der Waals surface area contributed by atoms with Crippen molar-refractivity contribution in [3.63, 3.8) is 0 Å². The van der Waals surface area contributed by atoms with E-state index in [1.807, 2.05) is 19.1 Å². The molecule has 0 N–H and O–H groups in total. The van der Waals surface area contributed by atoms with Crippen molar-refractivity contribution >= 4 is 22.0 Å². The number of ether oxygens (including phenoxy) is 1. The van der Waals surface area contributed by atoms with Crippen molar-refractivity contribution in [2.75, 3.05) is 6.54 Å². The predicted octanol–water partition coefficient (Wildman–Crippen LogP) is 5.36. The highest BCUT2D eigenvalue weighted by Gasteiger charge is 2.42. The van der Waals surface area contributed by atoms with E-state index in [0.29, 0.717) is 19.4 Å². The van der Waals surface area contributed by atoms with Gasteiger partial charge in [-0.15, -0.1) is 6.58 Å². The van der Waals surface area contributed by atoms with Crippen LogP contribution in [-0.4, -0.2) is 22.5 Å². The summed E-state index contributed by atoms with van der Waals surface area (Å²) in [5.41, 5.74) is 0.764. The molecule has 0 bridgehead atoms. The third-order valence-electron chi connectivity index (χ3n) is 4.76. The minimum absolute atomic E-state index is 0.203. The van der Waals surface area contributed by atoms with E-state index in [-0.39, 0.29) is 11.9 Å². The molecule has 26 heavy (non-hydrogen) atoms. The van der Waals surface area contributed by atoms with Gasteiger partial charge in [0.25, 0.3) is 0 Å². The van der Waals surface area contributed by atoms with E-state index in [4.69, 9.17) is 4.74 Å². The average Bonchev–Trinajstić information content (AvgIpc) is 2.63. The summed E-state index contributed by atoms with van der Waals surface area (Å²) in [7, 11) is 0. The van der Waals surface area contributed by atoms with Gasteiger partial charge in [-0.3, -0.25) is 9.88 Å². The summed E-state index contributed by atoms with van der Waals surface area (Å²) in [5.74, 6) is -0.318. The zero-order chi connectivity index (χ0) is 18.7. The van der Waals surface area contributed by atoms with Crippen molar-refractivity contribution in [1.29, 1.82) is 0 Å². The van der Waals surface area contributed by atoms with Crippen LogP contribution in [0.5, 0.6) is 0 Å². The summed E-state index contributed by atoms with van der Waals surface area (Å²) in [6.07, 6.45) is 4.10. The molecular formula is C20H20BrFN2O2. The number of halogens is 2. The van der Waals surface area contributed by atoms with Crippen LogP contribution >= 0.6 is 15.9 Å². The van der Waals surface area contributed by atoms with Crippen LogP contribution in [0.3, 0.4) is 0 Å². The summed E-state index contributed by atoms with van der Waals surface area (Å²) >= 11 is 3.36. The Labute approximate surface area is 160 Å². The Kier molecular flexibility index (Phi) is 5.41. The Morgan fingerprint density at radius 1 is 1.38 bits per heavy atom. The molecule has 0 aliphatic carbocycles. The summed E-state index contributed by atoms with van der Waals surface area (Å²) in [5, 5.41) is 0. The first kappa shape index (κ1) is 18.6. The van der Waals surface area contributed by atoms with Gasteiger partial charge in [0.15, 0.2) is 0 Å². The van der Waals surface area contributed by atoms with E-state index in [0.717, 1.165) is 15.7 Å². The molecule has 136 valence electrons. The Hall–Kier alpha value is -2.21. The number of rotatable bonds is 5. The maximum atomic E-state index is 13.3.